The summed E-state index contributed by atoms with van der Waals surface area (Å²) in [5.74, 6) is 0. The van der Waals surface area contributed by atoms with Crippen LogP contribution in [0.1, 0.15) is 0 Å². The van der Waals surface area contributed by atoms with E-state index in [1.807, 2.05) is 0 Å². The van der Waals surface area contributed by atoms with Gasteiger partial charge < -0.3 is 9.80 Å². The van der Waals surface area contributed by atoms with Crippen LogP contribution in [0.2, 0.25) is 0 Å². The molecule has 2 rings (SSSR count). The zero-order valence-corrected chi connectivity index (χ0v) is 9.03. The van der Waals surface area contributed by atoms with Gasteiger partial charge in [-0.05, 0) is 19.2 Å². The number of benzene rings is 1. The Morgan fingerprint density at radius 1 is 1.00 bits per heavy atom. The van der Waals surface area contributed by atoms with Crippen molar-refractivity contribution in [3.63, 3.8) is 0 Å². The number of anilines is 1. The average molecular weight is 188 g/mol. The Morgan fingerprint density at radius 2 is 1.57 bits per heavy atom. The molecule has 0 radical (unpaired) electrons. The Kier molecular flexibility index (Phi) is 2.78. The number of hydrogen-bond acceptors (Lipinski definition) is 2. The minimum atomic E-state index is 1.15. The Bertz CT molecular complexity index is 289. The molecule has 0 saturated carbocycles. The van der Waals surface area contributed by atoms with Crippen molar-refractivity contribution < 1.29 is 0 Å². The lowest BCUT2D eigenvalue weighted by Gasteiger charge is -2.34. The van der Waals surface area contributed by atoms with Crippen molar-refractivity contribution in [3.8, 4) is 0 Å². The molecule has 1 saturated heterocycles. The molecule has 1 aliphatic heterocycles. The highest BCUT2D eigenvalue weighted by molar-refractivity contribution is 6.32. The molecule has 0 amide bonds. The van der Waals surface area contributed by atoms with Crippen molar-refractivity contribution in [1.82, 2.24) is 4.90 Å². The Hall–Kier alpha value is -0.955. The molecule has 1 aliphatic rings. The summed E-state index contributed by atoms with van der Waals surface area (Å²) in [4.78, 5) is 4.84. The first-order valence-corrected chi connectivity index (χ1v) is 5.26. The van der Waals surface area contributed by atoms with Crippen LogP contribution >= 0.6 is 0 Å². The van der Waals surface area contributed by atoms with Gasteiger partial charge in [-0.2, -0.15) is 0 Å². The maximum absolute atomic E-state index is 2.46. The summed E-state index contributed by atoms with van der Waals surface area (Å²) in [7, 11) is 4.32. The molecule has 3 heteroatoms. The van der Waals surface area contributed by atoms with Crippen LogP contribution in [0, 0.1) is 0 Å². The second-order valence-electron chi connectivity index (χ2n) is 4.13. The first kappa shape index (κ1) is 9.59. The Morgan fingerprint density at radius 3 is 2.14 bits per heavy atom. The van der Waals surface area contributed by atoms with E-state index in [0.29, 0.717) is 0 Å². The third kappa shape index (κ3) is 2.10. The zero-order valence-electron chi connectivity index (χ0n) is 9.03. The van der Waals surface area contributed by atoms with E-state index < -0.39 is 0 Å². The van der Waals surface area contributed by atoms with Gasteiger partial charge in [0, 0.05) is 31.9 Å². The highest BCUT2D eigenvalue weighted by atomic mass is 15.2. The topological polar surface area (TPSA) is 6.48 Å². The number of rotatable bonds is 1. The van der Waals surface area contributed by atoms with Gasteiger partial charge in [0.15, 0.2) is 0 Å². The summed E-state index contributed by atoms with van der Waals surface area (Å²) in [5, 5.41) is 0. The molecule has 1 aromatic rings. The maximum Gasteiger partial charge on any atom is 0.139 e. The molecule has 0 atom stereocenters. The number of hydrogen-bond donors (Lipinski definition) is 0. The van der Waals surface area contributed by atoms with Crippen LogP contribution in [0.15, 0.2) is 24.3 Å². The molecule has 0 spiro atoms. The molecule has 0 unspecified atom stereocenters. The van der Waals surface area contributed by atoms with Gasteiger partial charge in [-0.1, -0.05) is 17.6 Å². The minimum absolute atomic E-state index is 1.15. The van der Waals surface area contributed by atoms with Crippen LogP contribution in [0.4, 0.5) is 5.69 Å². The average Bonchev–Trinajstić information content (AvgIpc) is 2.21. The fourth-order valence-corrected chi connectivity index (χ4v) is 1.82. The summed E-state index contributed by atoms with van der Waals surface area (Å²) in [6.45, 7) is 4.65. The second-order valence-corrected chi connectivity index (χ2v) is 4.13. The van der Waals surface area contributed by atoms with Crippen molar-refractivity contribution in [2.45, 2.75) is 0 Å². The van der Waals surface area contributed by atoms with Crippen LogP contribution in [0.5, 0.6) is 0 Å². The number of likely N-dealkylation sites (N-methyl/N-ethyl adjacent to an activating group) is 1. The van der Waals surface area contributed by atoms with Crippen LogP contribution in [0.3, 0.4) is 0 Å². The van der Waals surface area contributed by atoms with Crippen LogP contribution in [-0.4, -0.2) is 46.0 Å². The lowest BCUT2D eigenvalue weighted by atomic mass is 9.96. The first-order chi connectivity index (χ1) is 6.75. The van der Waals surface area contributed by atoms with Gasteiger partial charge in [-0.15, -0.1) is 0 Å². The predicted octanol–water partition coefficient (Wildman–Crippen LogP) is -0.303. The smallest absolute Gasteiger partial charge is 0.139 e. The summed E-state index contributed by atoms with van der Waals surface area (Å²) >= 11 is 0. The Labute approximate surface area is 86.9 Å². The third-order valence-electron chi connectivity index (χ3n) is 2.90. The molecule has 0 N–H and O–H groups in total. The lowest BCUT2D eigenvalue weighted by molar-refractivity contribution is 0.313. The molecule has 1 aromatic carbocycles. The standard InChI is InChI=1S/C11H17BN2/c1-13-6-8-14(9-7-13)11-4-2-10(12)3-5-11/h2-5H,6-9,12H2,1H3. The zero-order chi connectivity index (χ0) is 9.97. The monoisotopic (exact) mass is 188 g/mol. The maximum atomic E-state index is 2.46. The summed E-state index contributed by atoms with van der Waals surface area (Å²) in [6.07, 6.45) is 0. The van der Waals surface area contributed by atoms with E-state index in [2.05, 4.69) is 49.0 Å². The van der Waals surface area contributed by atoms with Crippen LogP contribution in [0.25, 0.3) is 0 Å². The van der Waals surface area contributed by atoms with E-state index in [4.69, 9.17) is 0 Å². The van der Waals surface area contributed by atoms with E-state index in [1.54, 1.807) is 0 Å². The van der Waals surface area contributed by atoms with Gasteiger partial charge in [0.2, 0.25) is 0 Å². The van der Waals surface area contributed by atoms with Crippen molar-refractivity contribution in [2.75, 3.05) is 38.1 Å². The van der Waals surface area contributed by atoms with Gasteiger partial charge in [-0.3, -0.25) is 0 Å². The van der Waals surface area contributed by atoms with E-state index >= 15 is 0 Å². The third-order valence-corrected chi connectivity index (χ3v) is 2.90. The van der Waals surface area contributed by atoms with Crippen molar-refractivity contribution >= 4 is 19.0 Å². The summed E-state index contributed by atoms with van der Waals surface area (Å²) in [5.41, 5.74) is 2.70. The molecule has 2 nitrogen and oxygen atoms in total. The Balaban J connectivity index is 2.05. The SMILES string of the molecule is Bc1ccc(N2CCN(C)CC2)cc1. The van der Waals surface area contributed by atoms with E-state index in [1.165, 1.54) is 24.2 Å². The number of nitrogens with zero attached hydrogens (tertiary/aromatic N) is 2. The van der Waals surface area contributed by atoms with Gasteiger partial charge in [-0.25, -0.2) is 0 Å². The van der Waals surface area contributed by atoms with Gasteiger partial charge in [0.1, 0.15) is 7.85 Å². The molecule has 1 fully saturated rings. The normalized spacial score (nSPS) is 18.5. The quantitative estimate of drug-likeness (QED) is 0.558. The first-order valence-electron chi connectivity index (χ1n) is 5.26. The van der Waals surface area contributed by atoms with Gasteiger partial charge >= 0.3 is 0 Å². The van der Waals surface area contributed by atoms with E-state index in [9.17, 15) is 0 Å². The fraction of sp³-hybridized carbons (Fsp3) is 0.455. The molecule has 0 aromatic heterocycles. The largest absolute Gasteiger partial charge is 0.369 e. The van der Waals surface area contributed by atoms with Crippen LogP contribution < -0.4 is 10.4 Å². The molecular weight excluding hydrogens is 171 g/mol. The molecule has 0 bridgehead atoms. The molecule has 14 heavy (non-hydrogen) atoms. The highest BCUT2D eigenvalue weighted by Gasteiger charge is 2.13. The van der Waals surface area contributed by atoms with E-state index in [0.717, 1.165) is 13.1 Å². The summed E-state index contributed by atoms with van der Waals surface area (Å²) < 4.78 is 0. The van der Waals surface area contributed by atoms with Crippen molar-refractivity contribution in [2.24, 2.45) is 0 Å². The molecule has 0 aliphatic carbocycles. The summed E-state index contributed by atoms with van der Waals surface area (Å²) in [6, 6.07) is 8.82. The van der Waals surface area contributed by atoms with Gasteiger partial charge in [0.25, 0.3) is 0 Å². The van der Waals surface area contributed by atoms with E-state index in [-0.39, 0.29) is 0 Å². The second kappa shape index (κ2) is 4.05. The molecule has 1 heterocycles. The van der Waals surface area contributed by atoms with Gasteiger partial charge in [0.05, 0.1) is 0 Å². The molecular formula is C11H17BN2. The number of piperazine rings is 1. The lowest BCUT2D eigenvalue weighted by Crippen LogP contribution is -2.44. The predicted molar refractivity (Wildman–Crippen MR) is 64.3 cm³/mol. The fourth-order valence-electron chi connectivity index (χ4n) is 1.82. The van der Waals surface area contributed by atoms with Crippen molar-refractivity contribution in [3.05, 3.63) is 24.3 Å². The van der Waals surface area contributed by atoms with Crippen molar-refractivity contribution in [1.29, 1.82) is 0 Å². The van der Waals surface area contributed by atoms with Crippen LogP contribution in [-0.2, 0) is 0 Å². The molecule has 74 valence electrons. The minimum Gasteiger partial charge on any atom is -0.369 e. The highest BCUT2D eigenvalue weighted by Crippen LogP contribution is 2.13.